The molecule has 0 bridgehead atoms. The molecule has 0 aliphatic carbocycles. The molecule has 0 unspecified atom stereocenters. The molecule has 25 heavy (non-hydrogen) atoms. The number of benzene rings is 2. The lowest BCUT2D eigenvalue weighted by Gasteiger charge is -2.18. The zero-order valence-electron chi connectivity index (χ0n) is 13.9. The Morgan fingerprint density at radius 2 is 1.92 bits per heavy atom. The van der Waals surface area contributed by atoms with Gasteiger partial charge in [0.2, 0.25) is 15.9 Å². The summed E-state index contributed by atoms with van der Waals surface area (Å²) in [5.41, 5.74) is 1.43. The second kappa shape index (κ2) is 7.25. The largest absolute Gasteiger partial charge is 0.495 e. The van der Waals surface area contributed by atoms with Gasteiger partial charge in [0, 0.05) is 25.2 Å². The maximum atomic E-state index is 12.7. The van der Waals surface area contributed by atoms with Gasteiger partial charge in [-0.05, 0) is 30.2 Å². The maximum Gasteiger partial charge on any atom is 0.244 e. The van der Waals surface area contributed by atoms with E-state index in [1.54, 1.807) is 17.0 Å². The van der Waals surface area contributed by atoms with Crippen molar-refractivity contribution in [2.45, 2.75) is 24.3 Å². The molecule has 3 rings (SSSR count). The third kappa shape index (κ3) is 3.83. The molecule has 0 spiro atoms. The van der Waals surface area contributed by atoms with Crippen LogP contribution in [0.1, 0.15) is 18.4 Å². The molecular weight excluding hydrogens is 340 g/mol. The predicted molar refractivity (Wildman–Crippen MR) is 95.0 cm³/mol. The first kappa shape index (κ1) is 17.4. The third-order valence-corrected chi connectivity index (χ3v) is 5.55. The predicted octanol–water partition coefficient (Wildman–Crippen LogP) is 2.30. The first-order chi connectivity index (χ1) is 12.0. The van der Waals surface area contributed by atoms with E-state index in [2.05, 4.69) is 4.72 Å². The second-order valence-corrected chi connectivity index (χ2v) is 7.53. The molecule has 1 saturated heterocycles. The number of ether oxygens (including phenoxy) is 1. The highest BCUT2D eigenvalue weighted by atomic mass is 32.2. The molecule has 0 saturated carbocycles. The van der Waals surface area contributed by atoms with Gasteiger partial charge in [0.25, 0.3) is 0 Å². The molecule has 0 radical (unpaired) electrons. The molecule has 0 atom stereocenters. The van der Waals surface area contributed by atoms with Gasteiger partial charge in [0.05, 0.1) is 7.11 Å². The summed E-state index contributed by atoms with van der Waals surface area (Å²) < 4.78 is 33.3. The van der Waals surface area contributed by atoms with Gasteiger partial charge in [0.15, 0.2) is 0 Å². The minimum atomic E-state index is -3.78. The molecule has 1 N–H and O–H groups in total. The topological polar surface area (TPSA) is 75.7 Å². The van der Waals surface area contributed by atoms with E-state index in [-0.39, 0.29) is 23.1 Å². The Balaban J connectivity index is 1.89. The smallest absolute Gasteiger partial charge is 0.244 e. The number of nitrogens with zero attached hydrogens (tertiary/aromatic N) is 1. The van der Waals surface area contributed by atoms with Crippen molar-refractivity contribution in [2.75, 3.05) is 18.6 Å². The Hall–Kier alpha value is -2.38. The third-order valence-electron chi connectivity index (χ3n) is 4.13. The Morgan fingerprint density at radius 1 is 1.16 bits per heavy atom. The molecule has 132 valence electrons. The minimum absolute atomic E-state index is 0.00533. The van der Waals surface area contributed by atoms with Crippen LogP contribution >= 0.6 is 0 Å². The van der Waals surface area contributed by atoms with Crippen LogP contribution in [0.3, 0.4) is 0 Å². The molecule has 0 aromatic heterocycles. The van der Waals surface area contributed by atoms with Crippen LogP contribution in [-0.4, -0.2) is 28.0 Å². The van der Waals surface area contributed by atoms with E-state index in [1.165, 1.54) is 13.2 Å². The van der Waals surface area contributed by atoms with Gasteiger partial charge in [-0.3, -0.25) is 4.79 Å². The molecule has 1 heterocycles. The lowest BCUT2D eigenvalue weighted by Crippen LogP contribution is -2.26. The van der Waals surface area contributed by atoms with Crippen molar-refractivity contribution in [1.29, 1.82) is 0 Å². The summed E-state index contributed by atoms with van der Waals surface area (Å²) in [7, 11) is -2.36. The second-order valence-electron chi connectivity index (χ2n) is 5.79. The van der Waals surface area contributed by atoms with E-state index in [9.17, 15) is 13.2 Å². The van der Waals surface area contributed by atoms with Crippen LogP contribution in [0, 0.1) is 0 Å². The van der Waals surface area contributed by atoms with Gasteiger partial charge in [-0.25, -0.2) is 13.1 Å². The lowest BCUT2D eigenvalue weighted by molar-refractivity contribution is -0.117. The van der Waals surface area contributed by atoms with E-state index < -0.39 is 10.0 Å². The van der Waals surface area contributed by atoms with Gasteiger partial charge in [0.1, 0.15) is 10.6 Å². The Morgan fingerprint density at radius 3 is 2.56 bits per heavy atom. The number of methoxy groups -OCH3 is 1. The van der Waals surface area contributed by atoms with Crippen molar-refractivity contribution in [1.82, 2.24) is 4.72 Å². The zero-order chi connectivity index (χ0) is 17.9. The molecule has 1 aliphatic heterocycles. The zero-order valence-corrected chi connectivity index (χ0v) is 14.8. The summed E-state index contributed by atoms with van der Waals surface area (Å²) in [5.74, 6) is 0.252. The van der Waals surface area contributed by atoms with Gasteiger partial charge in [-0.2, -0.15) is 0 Å². The maximum absolute atomic E-state index is 12.7. The highest BCUT2D eigenvalue weighted by molar-refractivity contribution is 7.89. The highest BCUT2D eigenvalue weighted by Crippen LogP contribution is 2.30. The van der Waals surface area contributed by atoms with Crippen molar-refractivity contribution in [2.24, 2.45) is 0 Å². The number of sulfonamides is 1. The summed E-state index contributed by atoms with van der Waals surface area (Å²) >= 11 is 0. The molecule has 7 heteroatoms. The first-order valence-electron chi connectivity index (χ1n) is 8.03. The Labute approximate surface area is 147 Å². The number of carbonyl (C=O) groups excluding carboxylic acids is 1. The molecule has 1 fully saturated rings. The Bertz CT molecular complexity index is 866. The molecule has 2 aromatic rings. The van der Waals surface area contributed by atoms with Crippen molar-refractivity contribution in [3.8, 4) is 5.75 Å². The highest BCUT2D eigenvalue weighted by Gasteiger charge is 2.25. The lowest BCUT2D eigenvalue weighted by atomic mass is 10.2. The number of nitrogens with one attached hydrogen (secondary N) is 1. The fourth-order valence-corrected chi connectivity index (χ4v) is 4.02. The summed E-state index contributed by atoms with van der Waals surface area (Å²) in [4.78, 5) is 13.6. The Kier molecular flexibility index (Phi) is 5.06. The monoisotopic (exact) mass is 360 g/mol. The fourth-order valence-electron chi connectivity index (χ4n) is 2.82. The summed E-state index contributed by atoms with van der Waals surface area (Å²) in [5, 5.41) is 0. The standard InChI is InChI=1S/C18H20N2O4S/c1-24-16-10-9-15(20-11-5-8-18(20)21)12-17(16)25(22,23)19-13-14-6-3-2-4-7-14/h2-4,6-7,9-10,12,19H,5,8,11,13H2,1H3. The fraction of sp³-hybridized carbons (Fsp3) is 0.278. The average molecular weight is 360 g/mol. The van der Waals surface area contributed by atoms with Crippen LogP contribution < -0.4 is 14.4 Å². The van der Waals surface area contributed by atoms with Gasteiger partial charge >= 0.3 is 0 Å². The number of hydrogen-bond acceptors (Lipinski definition) is 4. The number of rotatable bonds is 6. The summed E-state index contributed by atoms with van der Waals surface area (Å²) in [6.07, 6.45) is 1.26. The van der Waals surface area contributed by atoms with E-state index in [0.717, 1.165) is 12.0 Å². The summed E-state index contributed by atoms with van der Waals surface area (Å²) in [6, 6.07) is 14.1. The van der Waals surface area contributed by atoms with Crippen LogP contribution in [0.2, 0.25) is 0 Å². The average Bonchev–Trinajstić information content (AvgIpc) is 3.06. The normalized spacial score (nSPS) is 14.8. The molecule has 1 aliphatic rings. The number of amides is 1. The van der Waals surface area contributed by atoms with Crippen LogP contribution in [0.5, 0.6) is 5.75 Å². The van der Waals surface area contributed by atoms with Crippen molar-refractivity contribution >= 4 is 21.6 Å². The number of carbonyl (C=O) groups is 1. The minimum Gasteiger partial charge on any atom is -0.495 e. The summed E-state index contributed by atoms with van der Waals surface area (Å²) in [6.45, 7) is 0.779. The van der Waals surface area contributed by atoms with E-state index in [1.807, 2.05) is 30.3 Å². The molecular formula is C18H20N2O4S. The van der Waals surface area contributed by atoms with E-state index in [0.29, 0.717) is 18.7 Å². The molecule has 1 amide bonds. The van der Waals surface area contributed by atoms with E-state index in [4.69, 9.17) is 4.74 Å². The molecule has 2 aromatic carbocycles. The first-order valence-corrected chi connectivity index (χ1v) is 9.51. The van der Waals surface area contributed by atoms with Crippen molar-refractivity contribution in [3.05, 3.63) is 54.1 Å². The van der Waals surface area contributed by atoms with Gasteiger partial charge in [-0.1, -0.05) is 30.3 Å². The van der Waals surface area contributed by atoms with Gasteiger partial charge in [-0.15, -0.1) is 0 Å². The van der Waals surface area contributed by atoms with Crippen LogP contribution in [0.4, 0.5) is 5.69 Å². The van der Waals surface area contributed by atoms with Crippen molar-refractivity contribution in [3.63, 3.8) is 0 Å². The van der Waals surface area contributed by atoms with E-state index >= 15 is 0 Å². The SMILES string of the molecule is COc1ccc(N2CCCC2=O)cc1S(=O)(=O)NCc1ccccc1. The molecule has 6 nitrogen and oxygen atoms in total. The van der Waals surface area contributed by atoms with Gasteiger partial charge < -0.3 is 9.64 Å². The van der Waals surface area contributed by atoms with Crippen molar-refractivity contribution < 1.29 is 17.9 Å². The van der Waals surface area contributed by atoms with Crippen LogP contribution in [0.25, 0.3) is 0 Å². The number of anilines is 1. The number of hydrogen-bond donors (Lipinski definition) is 1. The van der Waals surface area contributed by atoms with Crippen LogP contribution in [-0.2, 0) is 21.4 Å². The van der Waals surface area contributed by atoms with Crippen LogP contribution in [0.15, 0.2) is 53.4 Å². The quantitative estimate of drug-likeness (QED) is 0.858.